The van der Waals surface area contributed by atoms with Crippen LogP contribution in [0.1, 0.15) is 23.8 Å². The number of carboxylic acid groups (broad SMARTS) is 1. The predicted octanol–water partition coefficient (Wildman–Crippen LogP) is 0.692. The normalized spacial score (nSPS) is 11.5. The second-order valence-electron chi connectivity index (χ2n) is 4.49. The van der Waals surface area contributed by atoms with E-state index < -0.39 is 16.0 Å². The molecule has 2 rings (SSSR count). The van der Waals surface area contributed by atoms with Crippen LogP contribution in [0.4, 0.5) is 5.69 Å². The van der Waals surface area contributed by atoms with Gasteiger partial charge in [0.15, 0.2) is 0 Å². The van der Waals surface area contributed by atoms with Crippen LogP contribution in [0, 0.1) is 0 Å². The molecule has 0 aliphatic rings. The SMILES string of the molecule is CCCS(=O)(=O)Nc1c(C(=O)[O-])[nH]c2ccc(OC)cc12. The number of fused-ring (bicyclic) bond motifs is 1. The van der Waals surface area contributed by atoms with Gasteiger partial charge in [0.05, 0.1) is 30.2 Å². The van der Waals surface area contributed by atoms with E-state index in [1.54, 1.807) is 25.1 Å². The lowest BCUT2D eigenvalue weighted by molar-refractivity contribution is -0.255. The fourth-order valence-corrected chi connectivity index (χ4v) is 3.19. The zero-order valence-corrected chi connectivity index (χ0v) is 12.4. The molecule has 2 aromatic rings. The van der Waals surface area contributed by atoms with Crippen LogP contribution in [0.25, 0.3) is 10.9 Å². The van der Waals surface area contributed by atoms with Gasteiger partial charge in [-0.15, -0.1) is 0 Å². The van der Waals surface area contributed by atoms with Gasteiger partial charge >= 0.3 is 0 Å². The van der Waals surface area contributed by atoms with E-state index in [1.807, 2.05) is 0 Å². The third-order valence-corrected chi connectivity index (χ3v) is 4.40. The lowest BCUT2D eigenvalue weighted by atomic mass is 10.2. The van der Waals surface area contributed by atoms with Crippen LogP contribution >= 0.6 is 0 Å². The molecule has 0 amide bonds. The van der Waals surface area contributed by atoms with E-state index in [9.17, 15) is 18.3 Å². The molecule has 0 saturated carbocycles. The second-order valence-corrected chi connectivity index (χ2v) is 6.34. The van der Waals surface area contributed by atoms with Gasteiger partial charge < -0.3 is 19.6 Å². The summed E-state index contributed by atoms with van der Waals surface area (Å²) in [6.07, 6.45) is 0.418. The Bertz CT molecular complexity index is 779. The summed E-state index contributed by atoms with van der Waals surface area (Å²) in [6, 6.07) is 4.81. The van der Waals surface area contributed by atoms with Gasteiger partial charge in [0.2, 0.25) is 10.0 Å². The lowest BCUT2D eigenvalue weighted by Crippen LogP contribution is -2.25. The van der Waals surface area contributed by atoms with Gasteiger partial charge in [0.25, 0.3) is 0 Å². The summed E-state index contributed by atoms with van der Waals surface area (Å²) in [5.41, 5.74) is 0.138. The number of hydrogen-bond acceptors (Lipinski definition) is 5. The molecule has 114 valence electrons. The smallest absolute Gasteiger partial charge is 0.232 e. The molecule has 0 fully saturated rings. The third-order valence-electron chi connectivity index (χ3n) is 2.94. The van der Waals surface area contributed by atoms with E-state index in [2.05, 4.69) is 9.71 Å². The van der Waals surface area contributed by atoms with Crippen molar-refractivity contribution in [3.8, 4) is 5.75 Å². The summed E-state index contributed by atoms with van der Waals surface area (Å²) >= 11 is 0. The molecule has 21 heavy (non-hydrogen) atoms. The minimum atomic E-state index is -3.62. The number of hydrogen-bond donors (Lipinski definition) is 2. The van der Waals surface area contributed by atoms with Crippen LogP contribution in [0.15, 0.2) is 18.2 Å². The van der Waals surface area contributed by atoms with Crippen molar-refractivity contribution < 1.29 is 23.1 Å². The van der Waals surface area contributed by atoms with Gasteiger partial charge in [-0.25, -0.2) is 8.42 Å². The first-order valence-electron chi connectivity index (χ1n) is 6.29. The lowest BCUT2D eigenvalue weighted by Gasteiger charge is -2.09. The molecule has 0 radical (unpaired) electrons. The maximum absolute atomic E-state index is 11.9. The molecule has 0 aliphatic heterocycles. The molecule has 7 nitrogen and oxygen atoms in total. The van der Waals surface area contributed by atoms with Crippen LogP contribution in [-0.4, -0.2) is 32.2 Å². The van der Waals surface area contributed by atoms with Crippen molar-refractivity contribution in [2.45, 2.75) is 13.3 Å². The van der Waals surface area contributed by atoms with E-state index in [1.165, 1.54) is 7.11 Å². The first-order valence-corrected chi connectivity index (χ1v) is 7.94. The van der Waals surface area contributed by atoms with E-state index >= 15 is 0 Å². The molecule has 0 atom stereocenters. The van der Waals surface area contributed by atoms with Gasteiger partial charge in [0, 0.05) is 10.9 Å². The first-order chi connectivity index (χ1) is 9.88. The Morgan fingerprint density at radius 1 is 1.43 bits per heavy atom. The van der Waals surface area contributed by atoms with Gasteiger partial charge in [-0.3, -0.25) is 4.72 Å². The van der Waals surface area contributed by atoms with Crippen molar-refractivity contribution in [2.75, 3.05) is 17.6 Å². The number of sulfonamides is 1. The van der Waals surface area contributed by atoms with Crippen molar-refractivity contribution in [1.82, 2.24) is 4.98 Å². The minimum absolute atomic E-state index is 0.0302. The summed E-state index contributed by atoms with van der Waals surface area (Å²) in [7, 11) is -2.16. The number of methoxy groups -OCH3 is 1. The Morgan fingerprint density at radius 2 is 2.14 bits per heavy atom. The quantitative estimate of drug-likeness (QED) is 0.815. The molecule has 0 unspecified atom stereocenters. The van der Waals surface area contributed by atoms with E-state index in [0.717, 1.165) is 0 Å². The van der Waals surface area contributed by atoms with Gasteiger partial charge in [-0.1, -0.05) is 6.92 Å². The molecule has 0 spiro atoms. The number of carbonyl (C=O) groups is 1. The zero-order valence-electron chi connectivity index (χ0n) is 11.6. The van der Waals surface area contributed by atoms with Crippen molar-refractivity contribution in [1.29, 1.82) is 0 Å². The minimum Gasteiger partial charge on any atom is -0.543 e. The molecule has 1 heterocycles. The highest BCUT2D eigenvalue weighted by Gasteiger charge is 2.18. The average Bonchev–Trinajstić information content (AvgIpc) is 2.76. The van der Waals surface area contributed by atoms with Crippen LogP contribution in [0.5, 0.6) is 5.75 Å². The average molecular weight is 311 g/mol. The Labute approximate surface area is 122 Å². The molecule has 1 aromatic heterocycles. The maximum atomic E-state index is 11.9. The Morgan fingerprint density at radius 3 is 2.71 bits per heavy atom. The largest absolute Gasteiger partial charge is 0.543 e. The molecule has 0 aliphatic carbocycles. The van der Waals surface area contributed by atoms with Crippen LogP contribution in [-0.2, 0) is 10.0 Å². The van der Waals surface area contributed by atoms with Crippen molar-refractivity contribution >= 4 is 32.6 Å². The summed E-state index contributed by atoms with van der Waals surface area (Å²) in [4.78, 5) is 13.8. The van der Waals surface area contributed by atoms with E-state index in [4.69, 9.17) is 4.74 Å². The fourth-order valence-electron chi connectivity index (χ4n) is 2.03. The topological polar surface area (TPSA) is 111 Å². The number of nitrogens with one attached hydrogen (secondary N) is 2. The Hall–Kier alpha value is -2.22. The molecular formula is C13H15N2O5S-. The summed E-state index contributed by atoms with van der Waals surface area (Å²) in [6.45, 7) is 1.72. The number of H-pyrrole nitrogens is 1. The summed E-state index contributed by atoms with van der Waals surface area (Å²) < 4.78 is 31.2. The monoisotopic (exact) mass is 311 g/mol. The number of benzene rings is 1. The zero-order chi connectivity index (χ0) is 15.6. The van der Waals surface area contributed by atoms with Crippen molar-refractivity contribution in [3.05, 3.63) is 23.9 Å². The molecular weight excluding hydrogens is 296 g/mol. The molecule has 2 N–H and O–H groups in total. The second kappa shape index (κ2) is 5.65. The van der Waals surface area contributed by atoms with E-state index in [-0.39, 0.29) is 17.1 Å². The van der Waals surface area contributed by atoms with E-state index in [0.29, 0.717) is 23.1 Å². The number of aromatic carboxylic acids is 1. The summed E-state index contributed by atoms with van der Waals surface area (Å²) in [5.74, 6) is -1.10. The number of ether oxygens (including phenoxy) is 1. The van der Waals surface area contributed by atoms with Gasteiger partial charge in [-0.05, 0) is 24.6 Å². The van der Waals surface area contributed by atoms with Crippen LogP contribution in [0.3, 0.4) is 0 Å². The number of anilines is 1. The molecule has 0 saturated heterocycles. The Kier molecular flexibility index (Phi) is 4.08. The molecule has 0 bridgehead atoms. The Balaban J connectivity index is 2.62. The fraction of sp³-hybridized carbons (Fsp3) is 0.308. The summed E-state index contributed by atoms with van der Waals surface area (Å²) in [5, 5.41) is 11.6. The first kappa shape index (κ1) is 15.2. The number of carboxylic acids is 1. The predicted molar refractivity (Wildman–Crippen MR) is 76.9 cm³/mol. The molecule has 1 aromatic carbocycles. The molecule has 8 heteroatoms. The highest BCUT2D eigenvalue weighted by molar-refractivity contribution is 7.92. The van der Waals surface area contributed by atoms with Crippen LogP contribution in [0.2, 0.25) is 0 Å². The van der Waals surface area contributed by atoms with Crippen molar-refractivity contribution in [2.24, 2.45) is 0 Å². The van der Waals surface area contributed by atoms with Gasteiger partial charge in [-0.2, -0.15) is 0 Å². The maximum Gasteiger partial charge on any atom is 0.232 e. The highest BCUT2D eigenvalue weighted by Crippen LogP contribution is 2.31. The third kappa shape index (κ3) is 3.10. The standard InChI is InChI=1S/C13H16N2O5S/c1-3-6-21(18,19)15-11-9-7-8(20-2)4-5-10(9)14-12(11)13(16)17/h4-5,7,14-15H,3,6H2,1-2H3,(H,16,17)/p-1. The van der Waals surface area contributed by atoms with Crippen molar-refractivity contribution in [3.63, 3.8) is 0 Å². The van der Waals surface area contributed by atoms with Crippen LogP contribution < -0.4 is 14.6 Å². The number of aromatic nitrogens is 1. The number of carbonyl (C=O) groups excluding carboxylic acids is 1. The van der Waals surface area contributed by atoms with Gasteiger partial charge in [0.1, 0.15) is 5.75 Å². The highest BCUT2D eigenvalue weighted by atomic mass is 32.2. The number of rotatable bonds is 6. The number of aromatic amines is 1.